The Bertz CT molecular complexity index is 1200. The molecule has 0 bridgehead atoms. The molecule has 2 aliphatic heterocycles. The van der Waals surface area contributed by atoms with Crippen molar-refractivity contribution in [3.8, 4) is 11.5 Å². The number of hydrogen-bond donors (Lipinski definition) is 2. The molecule has 1 saturated heterocycles. The van der Waals surface area contributed by atoms with Crippen LogP contribution in [0.15, 0.2) is 35.3 Å². The molecule has 0 atom stereocenters. The van der Waals surface area contributed by atoms with Gasteiger partial charge in [0.1, 0.15) is 11.6 Å². The first-order valence-corrected chi connectivity index (χ1v) is 10.4. The number of fused-ring (bicyclic) bond motifs is 2. The zero-order valence-corrected chi connectivity index (χ0v) is 17.7. The van der Waals surface area contributed by atoms with Crippen LogP contribution in [0.1, 0.15) is 11.4 Å². The lowest BCUT2D eigenvalue weighted by Crippen LogP contribution is -2.44. The van der Waals surface area contributed by atoms with E-state index in [0.717, 1.165) is 37.4 Å². The molecule has 0 saturated carbocycles. The van der Waals surface area contributed by atoms with Crippen LogP contribution in [0.5, 0.6) is 11.5 Å². The molecule has 1 aromatic heterocycles. The van der Waals surface area contributed by atoms with E-state index in [9.17, 15) is 0 Å². The fraction of sp³-hybridized carbons (Fsp3) is 0.318. The van der Waals surface area contributed by atoms with E-state index in [0.29, 0.717) is 29.3 Å². The maximum absolute atomic E-state index is 15.2. The summed E-state index contributed by atoms with van der Waals surface area (Å²) in [6.07, 6.45) is 0.403. The Morgan fingerprint density at radius 1 is 1.06 bits per heavy atom. The molecule has 1 fully saturated rings. The number of likely N-dealkylation sites (N-methyl/N-ethyl adjacent to an activating group) is 1. The molecule has 0 amide bonds. The first-order chi connectivity index (χ1) is 15.5. The molecule has 0 radical (unpaired) electrons. The van der Waals surface area contributed by atoms with Crippen LogP contribution in [0, 0.1) is 5.82 Å². The van der Waals surface area contributed by atoms with Gasteiger partial charge in [0.25, 0.3) is 0 Å². The highest BCUT2D eigenvalue weighted by Crippen LogP contribution is 2.34. The summed E-state index contributed by atoms with van der Waals surface area (Å²) in [7, 11) is 2.08. The lowest BCUT2D eigenvalue weighted by Gasteiger charge is -2.34. The summed E-state index contributed by atoms with van der Waals surface area (Å²) in [5.74, 6) is 1.33. The Morgan fingerprint density at radius 2 is 1.84 bits per heavy atom. The summed E-state index contributed by atoms with van der Waals surface area (Å²) >= 11 is 0. The van der Waals surface area contributed by atoms with E-state index in [2.05, 4.69) is 31.8 Å². The molecule has 10 heteroatoms. The number of guanidine groups is 1. The van der Waals surface area contributed by atoms with Crippen LogP contribution in [-0.2, 0) is 6.42 Å². The van der Waals surface area contributed by atoms with Crippen molar-refractivity contribution in [3.05, 3.63) is 47.5 Å². The number of rotatable bonds is 4. The minimum atomic E-state index is -0.453. The Hall–Kier alpha value is -3.66. The zero-order chi connectivity index (χ0) is 22.2. The van der Waals surface area contributed by atoms with Crippen LogP contribution in [0.3, 0.4) is 0 Å². The lowest BCUT2D eigenvalue weighted by atomic mass is 10.1. The van der Waals surface area contributed by atoms with Crippen LogP contribution < -0.4 is 25.8 Å². The van der Waals surface area contributed by atoms with Crippen molar-refractivity contribution in [2.24, 2.45) is 16.5 Å². The Balaban J connectivity index is 1.56. The van der Waals surface area contributed by atoms with Gasteiger partial charge in [0.05, 0.1) is 10.9 Å². The summed E-state index contributed by atoms with van der Waals surface area (Å²) in [6, 6.07) is 9.03. The summed E-state index contributed by atoms with van der Waals surface area (Å²) in [5, 5.41) is 0.200. The van der Waals surface area contributed by atoms with E-state index in [1.165, 1.54) is 6.07 Å². The van der Waals surface area contributed by atoms with Crippen molar-refractivity contribution in [2.75, 3.05) is 44.9 Å². The highest BCUT2D eigenvalue weighted by molar-refractivity contribution is 5.93. The maximum Gasteiger partial charge on any atom is 0.231 e. The van der Waals surface area contributed by atoms with Gasteiger partial charge in [-0.25, -0.2) is 14.4 Å². The fourth-order valence-electron chi connectivity index (χ4n) is 3.99. The van der Waals surface area contributed by atoms with Crippen LogP contribution >= 0.6 is 0 Å². The molecule has 32 heavy (non-hydrogen) atoms. The first-order valence-electron chi connectivity index (χ1n) is 10.4. The van der Waals surface area contributed by atoms with Gasteiger partial charge in [-0.1, -0.05) is 6.07 Å². The second-order valence-electron chi connectivity index (χ2n) is 7.98. The van der Waals surface area contributed by atoms with E-state index in [1.54, 1.807) is 0 Å². The second-order valence-corrected chi connectivity index (χ2v) is 7.98. The molecule has 0 aliphatic carbocycles. The molecule has 0 spiro atoms. The highest BCUT2D eigenvalue weighted by atomic mass is 19.1. The minimum Gasteiger partial charge on any atom is -0.454 e. The summed E-state index contributed by atoms with van der Waals surface area (Å²) in [4.78, 5) is 17.6. The van der Waals surface area contributed by atoms with Crippen molar-refractivity contribution < 1.29 is 13.9 Å². The predicted octanol–water partition coefficient (Wildman–Crippen LogP) is 1.75. The highest BCUT2D eigenvalue weighted by Gasteiger charge is 2.20. The summed E-state index contributed by atoms with van der Waals surface area (Å²) in [6.45, 7) is 3.67. The quantitative estimate of drug-likeness (QED) is 0.469. The molecule has 166 valence electrons. The molecule has 2 aromatic carbocycles. The fourth-order valence-corrected chi connectivity index (χ4v) is 3.99. The molecule has 3 aromatic rings. The van der Waals surface area contributed by atoms with Crippen molar-refractivity contribution in [1.29, 1.82) is 0 Å². The minimum absolute atomic E-state index is 0.119. The molecule has 3 heterocycles. The monoisotopic (exact) mass is 437 g/mol. The van der Waals surface area contributed by atoms with Crippen molar-refractivity contribution in [3.63, 3.8) is 0 Å². The molecular weight excluding hydrogens is 413 g/mol. The largest absolute Gasteiger partial charge is 0.454 e. The third-order valence-corrected chi connectivity index (χ3v) is 5.66. The number of ether oxygens (including phenoxy) is 2. The van der Waals surface area contributed by atoms with Crippen LogP contribution in [-0.4, -0.2) is 60.8 Å². The van der Waals surface area contributed by atoms with E-state index in [4.69, 9.17) is 20.9 Å². The van der Waals surface area contributed by atoms with Gasteiger partial charge in [0, 0.05) is 38.3 Å². The van der Waals surface area contributed by atoms with Crippen molar-refractivity contribution >= 4 is 28.4 Å². The van der Waals surface area contributed by atoms with Gasteiger partial charge in [0.2, 0.25) is 6.79 Å². The lowest BCUT2D eigenvalue weighted by molar-refractivity contribution is 0.174. The van der Waals surface area contributed by atoms with E-state index in [-0.39, 0.29) is 24.0 Å². The number of halogens is 1. The van der Waals surface area contributed by atoms with Crippen LogP contribution in [0.4, 0.5) is 15.9 Å². The average molecular weight is 437 g/mol. The van der Waals surface area contributed by atoms with Crippen LogP contribution in [0.25, 0.3) is 10.9 Å². The van der Waals surface area contributed by atoms with Gasteiger partial charge in [-0.2, -0.15) is 4.99 Å². The summed E-state index contributed by atoms with van der Waals surface area (Å²) in [5.41, 5.74) is 13.4. The third kappa shape index (κ3) is 3.96. The van der Waals surface area contributed by atoms with Gasteiger partial charge < -0.3 is 30.7 Å². The number of aromatic nitrogens is 2. The zero-order valence-electron chi connectivity index (χ0n) is 17.7. The topological polar surface area (TPSA) is 115 Å². The van der Waals surface area contributed by atoms with E-state index in [1.807, 2.05) is 24.3 Å². The molecular formula is C22H24FN7O2. The number of anilines is 1. The van der Waals surface area contributed by atoms with Gasteiger partial charge >= 0.3 is 0 Å². The number of piperazine rings is 1. The van der Waals surface area contributed by atoms with Crippen LogP contribution in [0.2, 0.25) is 0 Å². The maximum atomic E-state index is 15.2. The molecule has 2 aliphatic rings. The smallest absolute Gasteiger partial charge is 0.231 e. The summed E-state index contributed by atoms with van der Waals surface area (Å²) < 4.78 is 26.0. The normalized spacial score (nSPS) is 15.9. The number of benzene rings is 2. The molecule has 0 unspecified atom stereocenters. The van der Waals surface area contributed by atoms with Gasteiger partial charge in [-0.15, -0.1) is 0 Å². The Kier molecular flexibility index (Phi) is 5.14. The van der Waals surface area contributed by atoms with E-state index < -0.39 is 5.82 Å². The van der Waals surface area contributed by atoms with E-state index >= 15 is 4.39 Å². The van der Waals surface area contributed by atoms with Gasteiger partial charge in [-0.3, -0.25) is 0 Å². The Labute approximate surface area is 184 Å². The third-order valence-electron chi connectivity index (χ3n) is 5.66. The first kappa shape index (κ1) is 20.3. The predicted molar refractivity (Wildman–Crippen MR) is 120 cm³/mol. The van der Waals surface area contributed by atoms with Crippen molar-refractivity contribution in [2.45, 2.75) is 6.42 Å². The Morgan fingerprint density at radius 3 is 2.62 bits per heavy atom. The van der Waals surface area contributed by atoms with Gasteiger partial charge in [0.15, 0.2) is 23.3 Å². The molecule has 5 rings (SSSR count). The van der Waals surface area contributed by atoms with Crippen molar-refractivity contribution in [1.82, 2.24) is 14.9 Å². The molecule has 9 nitrogen and oxygen atoms in total. The number of hydrogen-bond acceptors (Lipinski definition) is 7. The average Bonchev–Trinajstić information content (AvgIpc) is 3.21. The number of nitrogens with zero attached hydrogens (tertiary/aromatic N) is 5. The van der Waals surface area contributed by atoms with Gasteiger partial charge in [-0.05, 0) is 36.9 Å². The second kappa shape index (κ2) is 8.12. The number of aliphatic imine (C=N–C) groups is 1. The number of nitrogens with two attached hydrogens (primary N) is 2. The standard InChI is InChI=1S/C22H24FN7O2/c1-29-4-6-30(7-5-29)14-10-15(23)20-16(11-14)26-19(27-21(20)28-22(24)25)9-13-2-3-17-18(8-13)32-12-31-17/h2-3,8,10-11H,4-7,9,12H2,1H3,(H4,24,25,26,27,28). The SMILES string of the molecule is CN1CCN(c2cc(F)c3c(N=C(N)N)nc(Cc4ccc5c(c4)OCO5)nc3c2)CC1. The molecule has 4 N–H and O–H groups in total.